The number of aromatic nitrogens is 1. The van der Waals surface area contributed by atoms with Gasteiger partial charge in [0.15, 0.2) is 11.5 Å². The van der Waals surface area contributed by atoms with Crippen LogP contribution < -0.4 is 24.8 Å². The number of carbonyl (C=O) groups excluding carboxylic acids is 2. The smallest absolute Gasteiger partial charge is 0.257 e. The normalized spacial score (nSPS) is 16.8. The molecule has 0 radical (unpaired) electrons. The molecule has 1 fully saturated rings. The number of benzene rings is 2. The Bertz CT molecular complexity index is 1330. The van der Waals surface area contributed by atoms with Crippen molar-refractivity contribution in [2.45, 2.75) is 51.5 Å². The highest BCUT2D eigenvalue weighted by Crippen LogP contribution is 2.40. The first-order valence-corrected chi connectivity index (χ1v) is 13.5. The van der Waals surface area contributed by atoms with Gasteiger partial charge in [-0.25, -0.2) is 4.39 Å². The standard InChI is InChI=1S/C29H33ClFN3O6/c1-16-25(27(34-40-16)26-19(30)9-7-10-20(26)31)29(36)33-21-11-6-5-8-17(21)12-13-24(35)32-18-14-22(37-2)28(39-4)23(15-18)38-3/h7,9-10,14-15,17,21H,5-6,8,11-13H2,1-4H3,(H,32,35)(H,33,36)/t17-,21-/m1/s1. The maximum Gasteiger partial charge on any atom is 0.257 e. The fourth-order valence-corrected chi connectivity index (χ4v) is 5.46. The predicted octanol–water partition coefficient (Wildman–Crippen LogP) is 6.18. The van der Waals surface area contributed by atoms with Gasteiger partial charge in [-0.05, 0) is 44.2 Å². The van der Waals surface area contributed by atoms with Gasteiger partial charge in [0.25, 0.3) is 5.91 Å². The number of rotatable bonds is 10. The number of ether oxygens (including phenoxy) is 3. The summed E-state index contributed by atoms with van der Waals surface area (Å²) < 4.78 is 35.9. The summed E-state index contributed by atoms with van der Waals surface area (Å²) in [5.74, 6) is 0.492. The Morgan fingerprint density at radius 1 is 1.10 bits per heavy atom. The number of nitrogens with zero attached hydrogens (tertiary/aromatic N) is 1. The van der Waals surface area contributed by atoms with Crippen molar-refractivity contribution < 1.29 is 32.7 Å². The Kier molecular flexibility index (Phi) is 9.52. The molecule has 2 amide bonds. The summed E-state index contributed by atoms with van der Waals surface area (Å²) in [6, 6.07) is 7.46. The van der Waals surface area contributed by atoms with Crippen molar-refractivity contribution in [1.29, 1.82) is 0 Å². The molecule has 1 aromatic heterocycles. The summed E-state index contributed by atoms with van der Waals surface area (Å²) in [5.41, 5.74) is 0.761. The fraction of sp³-hybridized carbons (Fsp3) is 0.414. The highest BCUT2D eigenvalue weighted by Gasteiger charge is 2.31. The zero-order chi connectivity index (χ0) is 28.8. The minimum absolute atomic E-state index is 0.0230. The Morgan fingerprint density at radius 3 is 2.45 bits per heavy atom. The molecule has 0 aliphatic heterocycles. The van der Waals surface area contributed by atoms with Crippen molar-refractivity contribution in [2.24, 2.45) is 5.92 Å². The summed E-state index contributed by atoms with van der Waals surface area (Å²) in [6.07, 6.45) is 4.44. The van der Waals surface area contributed by atoms with Crippen LogP contribution in [0.5, 0.6) is 17.2 Å². The van der Waals surface area contributed by atoms with Crippen LogP contribution in [0.3, 0.4) is 0 Å². The number of carbonyl (C=O) groups is 2. The van der Waals surface area contributed by atoms with Crippen molar-refractivity contribution >= 4 is 29.1 Å². The van der Waals surface area contributed by atoms with E-state index in [0.29, 0.717) is 29.4 Å². The zero-order valence-electron chi connectivity index (χ0n) is 22.9. The van der Waals surface area contributed by atoms with Gasteiger partial charge in [-0.2, -0.15) is 0 Å². The van der Waals surface area contributed by atoms with Gasteiger partial charge in [0.2, 0.25) is 11.7 Å². The lowest BCUT2D eigenvalue weighted by Crippen LogP contribution is -2.42. The highest BCUT2D eigenvalue weighted by atomic mass is 35.5. The summed E-state index contributed by atoms with van der Waals surface area (Å²) in [4.78, 5) is 26.3. The third kappa shape index (κ3) is 6.33. The van der Waals surface area contributed by atoms with Crippen LogP contribution in [0.2, 0.25) is 5.02 Å². The molecule has 214 valence electrons. The second-order valence-corrected chi connectivity index (χ2v) is 10.1. The number of methoxy groups -OCH3 is 3. The van der Waals surface area contributed by atoms with Crippen molar-refractivity contribution in [3.05, 3.63) is 52.5 Å². The molecule has 1 heterocycles. The molecule has 0 spiro atoms. The van der Waals surface area contributed by atoms with Gasteiger partial charge in [0.1, 0.15) is 22.8 Å². The Hall–Kier alpha value is -3.79. The maximum atomic E-state index is 14.6. The summed E-state index contributed by atoms with van der Waals surface area (Å²) in [7, 11) is 4.53. The largest absolute Gasteiger partial charge is 0.493 e. The van der Waals surface area contributed by atoms with Gasteiger partial charge < -0.3 is 29.4 Å². The predicted molar refractivity (Wildman–Crippen MR) is 149 cm³/mol. The van der Waals surface area contributed by atoms with E-state index in [2.05, 4.69) is 15.8 Å². The molecule has 11 heteroatoms. The summed E-state index contributed by atoms with van der Waals surface area (Å²) in [5, 5.41) is 10.1. The number of halogens is 2. The van der Waals surface area contributed by atoms with E-state index >= 15 is 0 Å². The van der Waals surface area contributed by atoms with Crippen molar-refractivity contribution in [3.63, 3.8) is 0 Å². The lowest BCUT2D eigenvalue weighted by atomic mass is 9.81. The SMILES string of the molecule is COc1cc(NC(=O)CC[C@H]2CCCC[C@H]2NC(=O)c2c(-c3c(F)cccc3Cl)noc2C)cc(OC)c1OC. The minimum atomic E-state index is -0.594. The summed E-state index contributed by atoms with van der Waals surface area (Å²) in [6.45, 7) is 1.60. The van der Waals surface area contributed by atoms with Crippen molar-refractivity contribution in [3.8, 4) is 28.5 Å². The molecule has 1 aliphatic rings. The number of hydrogen-bond acceptors (Lipinski definition) is 7. The van der Waals surface area contributed by atoms with E-state index in [1.165, 1.54) is 39.5 Å². The van der Waals surface area contributed by atoms with Gasteiger partial charge in [0.05, 0.1) is 31.9 Å². The molecule has 0 bridgehead atoms. The number of nitrogens with one attached hydrogen (secondary N) is 2. The highest BCUT2D eigenvalue weighted by molar-refractivity contribution is 6.33. The quantitative estimate of drug-likeness (QED) is 0.298. The van der Waals surface area contributed by atoms with Crippen LogP contribution in [-0.2, 0) is 4.79 Å². The lowest BCUT2D eigenvalue weighted by Gasteiger charge is -2.32. The van der Waals surface area contributed by atoms with E-state index in [1.807, 2.05) is 0 Å². The first kappa shape index (κ1) is 29.2. The molecule has 0 unspecified atom stereocenters. The fourth-order valence-electron chi connectivity index (χ4n) is 5.21. The Morgan fingerprint density at radius 2 is 1.80 bits per heavy atom. The van der Waals surface area contributed by atoms with Gasteiger partial charge in [-0.1, -0.05) is 35.7 Å². The molecule has 4 rings (SSSR count). The van der Waals surface area contributed by atoms with E-state index in [1.54, 1.807) is 19.1 Å². The van der Waals surface area contributed by atoms with Crippen molar-refractivity contribution in [1.82, 2.24) is 10.5 Å². The number of aryl methyl sites for hydroxylation is 1. The van der Waals surface area contributed by atoms with Gasteiger partial charge in [-0.15, -0.1) is 0 Å². The molecule has 2 aromatic carbocycles. The van der Waals surface area contributed by atoms with Crippen LogP contribution in [0.4, 0.5) is 10.1 Å². The monoisotopic (exact) mass is 573 g/mol. The first-order valence-electron chi connectivity index (χ1n) is 13.1. The molecule has 2 N–H and O–H groups in total. The van der Waals surface area contributed by atoms with Crippen LogP contribution in [0.25, 0.3) is 11.3 Å². The van der Waals surface area contributed by atoms with E-state index < -0.39 is 11.7 Å². The second kappa shape index (κ2) is 13.0. The average Bonchev–Trinajstić information content (AvgIpc) is 3.32. The molecule has 1 saturated carbocycles. The minimum Gasteiger partial charge on any atom is -0.493 e. The molecule has 1 aliphatic carbocycles. The maximum absolute atomic E-state index is 14.6. The van der Waals surface area contributed by atoms with Crippen LogP contribution in [0, 0.1) is 18.7 Å². The third-order valence-corrected chi connectivity index (χ3v) is 7.52. The zero-order valence-corrected chi connectivity index (χ0v) is 23.7. The summed E-state index contributed by atoms with van der Waals surface area (Å²) >= 11 is 6.23. The van der Waals surface area contributed by atoms with Gasteiger partial charge in [-0.3, -0.25) is 9.59 Å². The van der Waals surface area contributed by atoms with Gasteiger partial charge in [0, 0.05) is 30.3 Å². The average molecular weight is 574 g/mol. The molecule has 3 aromatic rings. The number of amides is 2. The van der Waals surface area contributed by atoms with Crippen LogP contribution in [0.15, 0.2) is 34.9 Å². The molecular weight excluding hydrogens is 541 g/mol. The topological polar surface area (TPSA) is 112 Å². The van der Waals surface area contributed by atoms with E-state index in [9.17, 15) is 14.0 Å². The molecule has 40 heavy (non-hydrogen) atoms. The second-order valence-electron chi connectivity index (χ2n) is 9.68. The Labute approximate surface area is 237 Å². The van der Waals surface area contributed by atoms with Crippen LogP contribution in [-0.4, -0.2) is 44.3 Å². The first-order chi connectivity index (χ1) is 19.3. The van der Waals surface area contributed by atoms with Crippen LogP contribution in [0.1, 0.15) is 54.6 Å². The van der Waals surface area contributed by atoms with Crippen LogP contribution >= 0.6 is 11.6 Å². The van der Waals surface area contributed by atoms with E-state index in [-0.39, 0.29) is 51.9 Å². The lowest BCUT2D eigenvalue weighted by molar-refractivity contribution is -0.116. The molecule has 9 nitrogen and oxygen atoms in total. The molecule has 0 saturated heterocycles. The number of hydrogen-bond donors (Lipinski definition) is 2. The molecule has 2 atom stereocenters. The third-order valence-electron chi connectivity index (χ3n) is 7.21. The van der Waals surface area contributed by atoms with E-state index in [0.717, 1.165) is 25.7 Å². The van der Waals surface area contributed by atoms with Crippen molar-refractivity contribution in [2.75, 3.05) is 26.6 Å². The number of anilines is 1. The molecular formula is C29H33ClFN3O6. The van der Waals surface area contributed by atoms with E-state index in [4.69, 9.17) is 30.3 Å². The Balaban J connectivity index is 1.43. The van der Waals surface area contributed by atoms with Gasteiger partial charge >= 0.3 is 0 Å².